The minimum absolute atomic E-state index is 0.205. The Morgan fingerprint density at radius 1 is 1.35 bits per heavy atom. The number of hydrogen-bond donors (Lipinski definition) is 1. The van der Waals surface area contributed by atoms with Crippen molar-refractivity contribution in [3.63, 3.8) is 0 Å². The number of hydrogen-bond acceptors (Lipinski definition) is 3. The third-order valence-corrected chi connectivity index (χ3v) is 4.20. The van der Waals surface area contributed by atoms with Crippen LogP contribution in [0.3, 0.4) is 0 Å². The first-order chi connectivity index (χ1) is 11.0. The Balaban J connectivity index is 1.74. The van der Waals surface area contributed by atoms with Crippen molar-refractivity contribution in [2.45, 2.75) is 25.8 Å². The van der Waals surface area contributed by atoms with Crippen molar-refractivity contribution < 1.29 is 8.78 Å². The van der Waals surface area contributed by atoms with Crippen LogP contribution in [0.25, 0.3) is 10.9 Å². The Hall–Kier alpha value is -2.01. The average molecular weight is 317 g/mol. The summed E-state index contributed by atoms with van der Waals surface area (Å²) in [6.45, 7) is 8.91. The van der Waals surface area contributed by atoms with Crippen LogP contribution in [0.15, 0.2) is 36.5 Å². The van der Waals surface area contributed by atoms with Gasteiger partial charge in [0.2, 0.25) is 0 Å². The van der Waals surface area contributed by atoms with Crippen LogP contribution in [0.1, 0.15) is 19.8 Å². The van der Waals surface area contributed by atoms with E-state index >= 15 is 0 Å². The molecule has 1 aliphatic rings. The van der Waals surface area contributed by atoms with Crippen LogP contribution >= 0.6 is 0 Å². The number of benzene rings is 1. The molecule has 2 aromatic rings. The molecule has 23 heavy (non-hydrogen) atoms. The highest BCUT2D eigenvalue weighted by atomic mass is 19.1. The molecule has 1 aromatic heterocycles. The summed E-state index contributed by atoms with van der Waals surface area (Å²) in [6.07, 6.45) is 3.55. The maximum absolute atomic E-state index is 13.8. The van der Waals surface area contributed by atoms with Gasteiger partial charge in [-0.05, 0) is 31.9 Å². The quantitative estimate of drug-likeness (QED) is 0.865. The monoisotopic (exact) mass is 317 g/mol. The van der Waals surface area contributed by atoms with E-state index in [0.717, 1.165) is 44.2 Å². The summed E-state index contributed by atoms with van der Waals surface area (Å²) in [5, 5.41) is 3.92. The molecule has 1 saturated heterocycles. The molecule has 3 nitrogen and oxygen atoms in total. The van der Waals surface area contributed by atoms with Gasteiger partial charge in [-0.2, -0.15) is 0 Å². The fourth-order valence-electron chi connectivity index (χ4n) is 3.14. The molecule has 0 aliphatic carbocycles. The lowest BCUT2D eigenvalue weighted by molar-refractivity contribution is 0.236. The van der Waals surface area contributed by atoms with Crippen LogP contribution in [0.2, 0.25) is 0 Å². The van der Waals surface area contributed by atoms with E-state index in [1.54, 1.807) is 12.3 Å². The van der Waals surface area contributed by atoms with Crippen molar-refractivity contribution in [2.75, 3.05) is 25.0 Å². The highest BCUT2D eigenvalue weighted by Crippen LogP contribution is 2.27. The summed E-state index contributed by atoms with van der Waals surface area (Å²) in [5.74, 6) is -1.21. The SMILES string of the molecule is C=C(C)CN1CCC(Nc2ccnc3c(F)cc(F)cc23)CC1. The highest BCUT2D eigenvalue weighted by Gasteiger charge is 2.20. The number of piperidine rings is 1. The van der Waals surface area contributed by atoms with Crippen LogP contribution in [0, 0.1) is 11.6 Å². The maximum Gasteiger partial charge on any atom is 0.152 e. The second kappa shape index (κ2) is 6.62. The van der Waals surface area contributed by atoms with E-state index in [0.29, 0.717) is 11.4 Å². The Labute approximate surface area is 135 Å². The number of rotatable bonds is 4. The van der Waals surface area contributed by atoms with E-state index in [4.69, 9.17) is 0 Å². The summed E-state index contributed by atoms with van der Waals surface area (Å²) in [4.78, 5) is 6.40. The third kappa shape index (κ3) is 3.67. The van der Waals surface area contributed by atoms with Crippen LogP contribution in [0.5, 0.6) is 0 Å². The predicted molar refractivity (Wildman–Crippen MR) is 89.6 cm³/mol. The summed E-state index contributed by atoms with van der Waals surface area (Å²) in [5.41, 5.74) is 2.12. The molecule has 0 radical (unpaired) electrons. The molecule has 0 amide bonds. The van der Waals surface area contributed by atoms with Gasteiger partial charge in [-0.25, -0.2) is 8.78 Å². The number of nitrogens with zero attached hydrogens (tertiary/aromatic N) is 2. The third-order valence-electron chi connectivity index (χ3n) is 4.20. The van der Waals surface area contributed by atoms with Crippen LogP contribution in [-0.4, -0.2) is 35.6 Å². The Morgan fingerprint density at radius 2 is 2.09 bits per heavy atom. The highest BCUT2D eigenvalue weighted by molar-refractivity contribution is 5.91. The molecule has 0 spiro atoms. The topological polar surface area (TPSA) is 28.2 Å². The minimum Gasteiger partial charge on any atom is -0.382 e. The molecule has 1 aliphatic heterocycles. The normalized spacial score (nSPS) is 16.7. The van der Waals surface area contributed by atoms with Crippen molar-refractivity contribution in [1.29, 1.82) is 0 Å². The van der Waals surface area contributed by atoms with Gasteiger partial charge in [0.25, 0.3) is 0 Å². The Bertz CT molecular complexity index is 722. The Morgan fingerprint density at radius 3 is 2.78 bits per heavy atom. The molecule has 0 saturated carbocycles. The second-order valence-corrected chi connectivity index (χ2v) is 6.29. The van der Waals surface area contributed by atoms with E-state index < -0.39 is 11.6 Å². The lowest BCUT2D eigenvalue weighted by Crippen LogP contribution is -2.39. The fraction of sp³-hybridized carbons (Fsp3) is 0.389. The zero-order chi connectivity index (χ0) is 16.4. The molecule has 122 valence electrons. The van der Waals surface area contributed by atoms with Gasteiger partial charge in [-0.3, -0.25) is 9.88 Å². The number of fused-ring (bicyclic) bond motifs is 1. The molecular weight excluding hydrogens is 296 g/mol. The summed E-state index contributed by atoms with van der Waals surface area (Å²) < 4.78 is 27.4. The van der Waals surface area contributed by atoms with E-state index in [-0.39, 0.29) is 5.52 Å². The maximum atomic E-state index is 13.8. The van der Waals surface area contributed by atoms with Gasteiger partial charge in [-0.1, -0.05) is 12.2 Å². The molecule has 2 heterocycles. The van der Waals surface area contributed by atoms with Gasteiger partial charge in [0.1, 0.15) is 11.3 Å². The Kier molecular flexibility index (Phi) is 4.57. The van der Waals surface area contributed by atoms with Gasteiger partial charge in [0.05, 0.1) is 0 Å². The van der Waals surface area contributed by atoms with Crippen molar-refractivity contribution in [3.05, 3.63) is 48.2 Å². The van der Waals surface area contributed by atoms with Gasteiger partial charge in [0.15, 0.2) is 5.82 Å². The first kappa shape index (κ1) is 15.9. The zero-order valence-corrected chi connectivity index (χ0v) is 13.3. The van der Waals surface area contributed by atoms with Crippen LogP contribution in [0.4, 0.5) is 14.5 Å². The van der Waals surface area contributed by atoms with Gasteiger partial charge >= 0.3 is 0 Å². The summed E-state index contributed by atoms with van der Waals surface area (Å²) in [7, 11) is 0. The number of halogens is 2. The smallest absolute Gasteiger partial charge is 0.152 e. The molecule has 0 bridgehead atoms. The van der Waals surface area contributed by atoms with Crippen molar-refractivity contribution in [2.24, 2.45) is 0 Å². The number of nitrogens with one attached hydrogen (secondary N) is 1. The average Bonchev–Trinajstić information content (AvgIpc) is 2.49. The number of anilines is 1. The van der Waals surface area contributed by atoms with Crippen LogP contribution in [-0.2, 0) is 0 Å². The van der Waals surface area contributed by atoms with Gasteiger partial charge in [-0.15, -0.1) is 0 Å². The molecule has 5 heteroatoms. The largest absolute Gasteiger partial charge is 0.382 e. The lowest BCUT2D eigenvalue weighted by atomic mass is 10.0. The fourth-order valence-corrected chi connectivity index (χ4v) is 3.14. The standard InChI is InChI=1S/C18H21F2N3/c1-12(2)11-23-7-4-14(5-8-23)22-17-3-6-21-18-15(17)9-13(19)10-16(18)20/h3,6,9-10,14H,1,4-5,7-8,11H2,2H3,(H,21,22). The van der Waals surface area contributed by atoms with E-state index in [1.165, 1.54) is 11.6 Å². The number of likely N-dealkylation sites (tertiary alicyclic amines) is 1. The summed E-state index contributed by atoms with van der Waals surface area (Å²) >= 11 is 0. The number of aromatic nitrogens is 1. The summed E-state index contributed by atoms with van der Waals surface area (Å²) in [6, 6.07) is 4.29. The molecule has 3 rings (SSSR count). The molecule has 0 unspecified atom stereocenters. The van der Waals surface area contributed by atoms with Crippen molar-refractivity contribution >= 4 is 16.6 Å². The molecule has 1 fully saturated rings. The van der Waals surface area contributed by atoms with E-state index in [9.17, 15) is 8.78 Å². The molecule has 0 atom stereocenters. The van der Waals surface area contributed by atoms with Crippen LogP contribution < -0.4 is 5.32 Å². The zero-order valence-electron chi connectivity index (χ0n) is 13.3. The molecule has 1 N–H and O–H groups in total. The van der Waals surface area contributed by atoms with Crippen molar-refractivity contribution in [1.82, 2.24) is 9.88 Å². The molecular formula is C18H21F2N3. The van der Waals surface area contributed by atoms with E-state index in [2.05, 4.69) is 21.8 Å². The van der Waals surface area contributed by atoms with Gasteiger partial charge < -0.3 is 5.32 Å². The first-order valence-electron chi connectivity index (χ1n) is 7.90. The lowest BCUT2D eigenvalue weighted by Gasteiger charge is -2.33. The minimum atomic E-state index is -0.625. The predicted octanol–water partition coefficient (Wildman–Crippen LogP) is 3.97. The first-order valence-corrected chi connectivity index (χ1v) is 7.90. The number of pyridine rings is 1. The second-order valence-electron chi connectivity index (χ2n) is 6.29. The van der Waals surface area contributed by atoms with Crippen molar-refractivity contribution in [3.8, 4) is 0 Å². The van der Waals surface area contributed by atoms with E-state index in [1.807, 2.05) is 6.92 Å². The molecule has 1 aromatic carbocycles. The van der Waals surface area contributed by atoms with Gasteiger partial charge in [0, 0.05) is 49.0 Å².